The van der Waals surface area contributed by atoms with E-state index in [4.69, 9.17) is 4.74 Å². The summed E-state index contributed by atoms with van der Waals surface area (Å²) < 4.78 is 5.41. The van der Waals surface area contributed by atoms with Gasteiger partial charge in [0.2, 0.25) is 0 Å². The lowest BCUT2D eigenvalue weighted by molar-refractivity contribution is -0.709. The number of hydrogen-bond acceptors (Lipinski definition) is 3. The Bertz CT molecular complexity index is 796. The molecule has 0 aliphatic carbocycles. The van der Waals surface area contributed by atoms with E-state index in [1.165, 1.54) is 16.8 Å². The molecule has 0 radical (unpaired) electrons. The molecule has 1 amide bonds. The Morgan fingerprint density at radius 3 is 2.23 bits per heavy atom. The minimum Gasteiger partial charge on any atom is -0.378 e. The van der Waals surface area contributed by atoms with Crippen molar-refractivity contribution in [3.63, 3.8) is 0 Å². The molecule has 2 aromatic carbocycles. The van der Waals surface area contributed by atoms with E-state index in [-0.39, 0.29) is 18.0 Å². The number of ether oxygens (including phenoxy) is 1. The topological polar surface area (TPSA) is 58.2 Å². The maximum Gasteiger partial charge on any atom is 0.282 e. The fraction of sp³-hybridized carbons (Fsp3) is 0.480. The summed E-state index contributed by atoms with van der Waals surface area (Å²) in [5, 5.41) is 5.17. The van der Waals surface area contributed by atoms with Gasteiger partial charge in [0.15, 0.2) is 6.04 Å². The van der Waals surface area contributed by atoms with Crippen molar-refractivity contribution in [2.24, 2.45) is 5.92 Å². The third-order valence-corrected chi connectivity index (χ3v) is 5.65. The fourth-order valence-electron chi connectivity index (χ4n) is 3.89. The Morgan fingerprint density at radius 2 is 1.63 bits per heavy atom. The number of morpholine rings is 1. The Kier molecular flexibility index (Phi) is 7.88. The fourth-order valence-corrected chi connectivity index (χ4v) is 3.89. The maximum absolute atomic E-state index is 12.7. The average Bonchev–Trinajstić information content (AvgIpc) is 2.75. The number of nitrogens with one attached hydrogen (secondary N) is 1. The van der Waals surface area contributed by atoms with Crippen molar-refractivity contribution in [3.05, 3.63) is 59.7 Å². The molecular weight excluding hydrogens is 374 g/mol. The van der Waals surface area contributed by atoms with E-state index in [2.05, 4.69) is 72.7 Å². The number of carbonyl (C=O) groups is 1. The van der Waals surface area contributed by atoms with Crippen LogP contribution in [-0.4, -0.2) is 38.3 Å². The quantitative estimate of drug-likeness (QED) is 0.701. The largest absolute Gasteiger partial charge is 0.378 e. The van der Waals surface area contributed by atoms with Gasteiger partial charge in [0.05, 0.1) is 13.2 Å². The molecule has 0 spiro atoms. The molecule has 0 aromatic heterocycles. The molecular formula is C25H36N3O2+. The van der Waals surface area contributed by atoms with Gasteiger partial charge in [-0.1, -0.05) is 38.1 Å². The van der Waals surface area contributed by atoms with E-state index in [1.54, 1.807) is 0 Å². The molecule has 0 saturated carbocycles. The van der Waals surface area contributed by atoms with Gasteiger partial charge < -0.3 is 20.3 Å². The second-order valence-corrected chi connectivity index (χ2v) is 8.74. The first kappa shape index (κ1) is 22.3. The van der Waals surface area contributed by atoms with Crippen LogP contribution in [-0.2, 0) is 16.0 Å². The van der Waals surface area contributed by atoms with Crippen LogP contribution in [0, 0.1) is 5.92 Å². The first-order chi connectivity index (χ1) is 14.4. The van der Waals surface area contributed by atoms with Crippen LogP contribution in [0.3, 0.4) is 0 Å². The summed E-state index contributed by atoms with van der Waals surface area (Å²) >= 11 is 0. The third-order valence-electron chi connectivity index (χ3n) is 5.65. The number of amides is 1. The summed E-state index contributed by atoms with van der Waals surface area (Å²) in [5.41, 5.74) is 4.62. The zero-order valence-corrected chi connectivity index (χ0v) is 18.7. The van der Waals surface area contributed by atoms with Gasteiger partial charge in [-0.15, -0.1) is 0 Å². The van der Waals surface area contributed by atoms with Crippen LogP contribution < -0.4 is 15.5 Å². The lowest BCUT2D eigenvalue weighted by Gasteiger charge is -2.29. The van der Waals surface area contributed by atoms with E-state index in [0.29, 0.717) is 5.92 Å². The number of anilines is 2. The molecule has 1 aliphatic heterocycles. The van der Waals surface area contributed by atoms with Crippen molar-refractivity contribution in [1.82, 2.24) is 0 Å². The summed E-state index contributed by atoms with van der Waals surface area (Å²) in [5.74, 6) is 0.684. The lowest BCUT2D eigenvalue weighted by Crippen LogP contribution is -2.91. The predicted molar refractivity (Wildman–Crippen MR) is 123 cm³/mol. The highest BCUT2D eigenvalue weighted by molar-refractivity contribution is 5.93. The molecule has 3 N–H and O–H groups in total. The van der Waals surface area contributed by atoms with Gasteiger partial charge >= 0.3 is 0 Å². The van der Waals surface area contributed by atoms with Gasteiger partial charge in [0, 0.05) is 30.0 Å². The Labute approximate surface area is 180 Å². The summed E-state index contributed by atoms with van der Waals surface area (Å²) in [7, 11) is 0. The monoisotopic (exact) mass is 410 g/mol. The number of nitrogens with two attached hydrogens (primary N) is 1. The normalized spacial score (nSPS) is 16.4. The molecule has 0 unspecified atom stereocenters. The SMILES string of the molecule is CC(C)Cc1ccc([C@@H](C)[NH2+][C@H](C)C(=O)Nc2ccc(N3CCOCC3)cc2)cc1. The van der Waals surface area contributed by atoms with Crippen LogP contribution in [0.15, 0.2) is 48.5 Å². The zero-order chi connectivity index (χ0) is 21.5. The van der Waals surface area contributed by atoms with Crippen LogP contribution in [0.1, 0.15) is 44.9 Å². The Morgan fingerprint density at radius 1 is 1.00 bits per heavy atom. The molecule has 5 nitrogen and oxygen atoms in total. The average molecular weight is 411 g/mol. The van der Waals surface area contributed by atoms with Gasteiger partial charge in [-0.3, -0.25) is 4.79 Å². The Hall–Kier alpha value is -2.37. The molecule has 2 aromatic rings. The highest BCUT2D eigenvalue weighted by Crippen LogP contribution is 2.19. The molecule has 1 saturated heterocycles. The molecule has 5 heteroatoms. The number of carbonyl (C=O) groups excluding carboxylic acids is 1. The van der Waals surface area contributed by atoms with Gasteiger partial charge in [-0.25, -0.2) is 0 Å². The van der Waals surface area contributed by atoms with E-state index in [1.807, 2.05) is 19.1 Å². The number of rotatable bonds is 8. The van der Waals surface area contributed by atoms with Crippen molar-refractivity contribution < 1.29 is 14.8 Å². The number of quaternary nitrogens is 1. The van der Waals surface area contributed by atoms with E-state index in [9.17, 15) is 4.79 Å². The number of nitrogens with zero attached hydrogens (tertiary/aromatic N) is 1. The first-order valence-corrected chi connectivity index (χ1v) is 11.1. The van der Waals surface area contributed by atoms with Crippen LogP contribution in [0.2, 0.25) is 0 Å². The summed E-state index contributed by atoms with van der Waals surface area (Å²) in [6.07, 6.45) is 1.10. The Balaban J connectivity index is 1.51. The van der Waals surface area contributed by atoms with E-state index < -0.39 is 0 Å². The predicted octanol–water partition coefficient (Wildman–Crippen LogP) is 3.37. The van der Waals surface area contributed by atoms with Gasteiger partial charge in [0.25, 0.3) is 5.91 Å². The van der Waals surface area contributed by atoms with Gasteiger partial charge in [-0.05, 0) is 56.0 Å². The second-order valence-electron chi connectivity index (χ2n) is 8.74. The van der Waals surface area contributed by atoms with Crippen LogP contribution in [0.4, 0.5) is 11.4 Å². The maximum atomic E-state index is 12.7. The summed E-state index contributed by atoms with van der Waals surface area (Å²) in [4.78, 5) is 15.0. The second kappa shape index (κ2) is 10.6. The zero-order valence-electron chi connectivity index (χ0n) is 18.7. The van der Waals surface area contributed by atoms with E-state index in [0.717, 1.165) is 38.4 Å². The first-order valence-electron chi connectivity index (χ1n) is 11.1. The molecule has 0 bridgehead atoms. The highest BCUT2D eigenvalue weighted by atomic mass is 16.5. The van der Waals surface area contributed by atoms with E-state index >= 15 is 0 Å². The molecule has 1 aliphatic rings. The minimum absolute atomic E-state index is 0.0254. The minimum atomic E-state index is -0.172. The van der Waals surface area contributed by atoms with Gasteiger partial charge in [-0.2, -0.15) is 0 Å². The number of benzene rings is 2. The van der Waals surface area contributed by atoms with Gasteiger partial charge in [0.1, 0.15) is 6.04 Å². The molecule has 1 heterocycles. The standard InChI is InChI=1S/C25H35N3O2/c1-18(2)17-21-5-7-22(8-6-21)19(3)26-20(4)25(29)27-23-9-11-24(12-10-23)28-13-15-30-16-14-28/h5-12,18-20,26H,13-17H2,1-4H3,(H,27,29)/p+1/t19-,20-/m1/s1. The summed E-state index contributed by atoms with van der Waals surface area (Å²) in [6.45, 7) is 11.9. The smallest absolute Gasteiger partial charge is 0.282 e. The number of hydrogen-bond donors (Lipinski definition) is 2. The van der Waals surface area contributed by atoms with Crippen molar-refractivity contribution in [3.8, 4) is 0 Å². The van der Waals surface area contributed by atoms with Crippen LogP contribution in [0.25, 0.3) is 0 Å². The molecule has 3 rings (SSSR count). The highest BCUT2D eigenvalue weighted by Gasteiger charge is 2.20. The summed E-state index contributed by atoms with van der Waals surface area (Å²) in [6, 6.07) is 16.9. The molecule has 2 atom stereocenters. The van der Waals surface area contributed by atoms with Crippen molar-refractivity contribution in [2.75, 3.05) is 36.5 Å². The molecule has 1 fully saturated rings. The van der Waals surface area contributed by atoms with Crippen molar-refractivity contribution in [2.45, 2.75) is 46.2 Å². The van der Waals surface area contributed by atoms with Crippen LogP contribution in [0.5, 0.6) is 0 Å². The van der Waals surface area contributed by atoms with Crippen LogP contribution >= 0.6 is 0 Å². The van der Waals surface area contributed by atoms with Crippen molar-refractivity contribution >= 4 is 17.3 Å². The third kappa shape index (κ3) is 6.31. The van der Waals surface area contributed by atoms with Crippen molar-refractivity contribution in [1.29, 1.82) is 0 Å². The molecule has 162 valence electrons. The molecule has 30 heavy (non-hydrogen) atoms. The lowest BCUT2D eigenvalue weighted by atomic mass is 9.99.